The van der Waals surface area contributed by atoms with Crippen molar-refractivity contribution in [1.82, 2.24) is 10.5 Å². The van der Waals surface area contributed by atoms with Crippen LogP contribution >= 0.6 is 0 Å². The lowest BCUT2D eigenvalue weighted by Gasteiger charge is -2.08. The van der Waals surface area contributed by atoms with Gasteiger partial charge in [0.05, 0.1) is 12.5 Å². The minimum Gasteiger partial charge on any atom is -0.391 e. The number of amides is 1. The third-order valence-electron chi connectivity index (χ3n) is 2.79. The first-order valence-corrected chi connectivity index (χ1v) is 5.98. The highest BCUT2D eigenvalue weighted by Crippen LogP contribution is 2.17. The quantitative estimate of drug-likeness (QED) is 0.835. The summed E-state index contributed by atoms with van der Waals surface area (Å²) in [5, 5.41) is 16.8. The second-order valence-electron chi connectivity index (χ2n) is 4.17. The first-order valence-electron chi connectivity index (χ1n) is 5.98. The number of benzene rings is 1. The molecule has 1 atom stereocenters. The molecule has 0 spiro atoms. The largest absolute Gasteiger partial charge is 0.391 e. The maximum atomic E-state index is 11.7. The van der Waals surface area contributed by atoms with Crippen molar-refractivity contribution in [3.05, 3.63) is 30.0 Å². The summed E-state index contributed by atoms with van der Waals surface area (Å²) in [5.41, 5.74) is 1.29. The van der Waals surface area contributed by atoms with Gasteiger partial charge in [0, 0.05) is 11.9 Å². The van der Waals surface area contributed by atoms with E-state index in [-0.39, 0.29) is 18.9 Å². The van der Waals surface area contributed by atoms with Crippen molar-refractivity contribution in [3.8, 4) is 0 Å². The molecule has 2 N–H and O–H groups in total. The molecule has 1 amide bonds. The van der Waals surface area contributed by atoms with Crippen LogP contribution in [0.5, 0.6) is 0 Å². The lowest BCUT2D eigenvalue weighted by atomic mass is 10.1. The molecule has 5 nitrogen and oxygen atoms in total. The minimum atomic E-state index is -0.497. The lowest BCUT2D eigenvalue weighted by Crippen LogP contribution is -2.32. The zero-order valence-corrected chi connectivity index (χ0v) is 10.2. The summed E-state index contributed by atoms with van der Waals surface area (Å²) < 4.78 is 5.12. The van der Waals surface area contributed by atoms with E-state index in [2.05, 4.69) is 10.5 Å². The van der Waals surface area contributed by atoms with E-state index in [9.17, 15) is 9.90 Å². The minimum absolute atomic E-state index is 0.160. The molecule has 5 heteroatoms. The topological polar surface area (TPSA) is 75.4 Å². The molecule has 0 saturated carbocycles. The molecular formula is C13H16N2O3. The molecule has 1 aromatic carbocycles. The van der Waals surface area contributed by atoms with Gasteiger partial charge in [0.25, 0.3) is 0 Å². The van der Waals surface area contributed by atoms with E-state index in [0.717, 1.165) is 5.39 Å². The second-order valence-corrected chi connectivity index (χ2v) is 4.17. The normalized spacial score (nSPS) is 12.6. The van der Waals surface area contributed by atoms with E-state index < -0.39 is 6.10 Å². The van der Waals surface area contributed by atoms with Crippen LogP contribution in [0.3, 0.4) is 0 Å². The summed E-state index contributed by atoms with van der Waals surface area (Å²) in [6, 6.07) is 7.41. The number of rotatable bonds is 5. The summed E-state index contributed by atoms with van der Waals surface area (Å²) in [7, 11) is 0. The monoisotopic (exact) mass is 248 g/mol. The Balaban J connectivity index is 1.99. The highest BCUT2D eigenvalue weighted by atomic mass is 16.5. The average Bonchev–Trinajstić information content (AvgIpc) is 2.79. The van der Waals surface area contributed by atoms with Gasteiger partial charge in [0.2, 0.25) is 5.91 Å². The number of hydrogen-bond donors (Lipinski definition) is 2. The number of nitrogens with zero attached hydrogens (tertiary/aromatic N) is 1. The Labute approximate surface area is 105 Å². The van der Waals surface area contributed by atoms with Crippen molar-refractivity contribution in [3.63, 3.8) is 0 Å². The summed E-state index contributed by atoms with van der Waals surface area (Å²) in [6.07, 6.45) is 0.281. The molecule has 96 valence electrons. The van der Waals surface area contributed by atoms with Gasteiger partial charge in [-0.1, -0.05) is 24.2 Å². The zero-order valence-electron chi connectivity index (χ0n) is 10.2. The third-order valence-corrected chi connectivity index (χ3v) is 2.79. The van der Waals surface area contributed by atoms with Gasteiger partial charge in [-0.25, -0.2) is 0 Å². The zero-order chi connectivity index (χ0) is 13.0. The fourth-order valence-corrected chi connectivity index (χ4v) is 1.66. The van der Waals surface area contributed by atoms with Crippen molar-refractivity contribution in [2.75, 3.05) is 6.54 Å². The molecule has 1 heterocycles. The van der Waals surface area contributed by atoms with Crippen molar-refractivity contribution in [2.24, 2.45) is 0 Å². The van der Waals surface area contributed by atoms with Gasteiger partial charge < -0.3 is 14.9 Å². The van der Waals surface area contributed by atoms with Crippen LogP contribution in [-0.4, -0.2) is 28.8 Å². The third kappa shape index (κ3) is 2.87. The maximum Gasteiger partial charge on any atom is 0.226 e. The summed E-state index contributed by atoms with van der Waals surface area (Å²) >= 11 is 0. The van der Waals surface area contributed by atoms with Crippen molar-refractivity contribution >= 4 is 16.9 Å². The van der Waals surface area contributed by atoms with E-state index in [0.29, 0.717) is 17.7 Å². The molecule has 2 aromatic rings. The summed E-state index contributed by atoms with van der Waals surface area (Å²) in [4.78, 5) is 11.7. The smallest absolute Gasteiger partial charge is 0.226 e. The Kier molecular flexibility index (Phi) is 3.94. The van der Waals surface area contributed by atoms with Gasteiger partial charge in [-0.2, -0.15) is 0 Å². The van der Waals surface area contributed by atoms with Gasteiger partial charge in [0.15, 0.2) is 5.58 Å². The van der Waals surface area contributed by atoms with Gasteiger partial charge in [-0.3, -0.25) is 4.79 Å². The predicted octanol–water partition coefficient (Wildman–Crippen LogP) is 1.26. The van der Waals surface area contributed by atoms with E-state index in [1.54, 1.807) is 0 Å². The van der Waals surface area contributed by atoms with E-state index in [4.69, 9.17) is 4.52 Å². The molecule has 0 saturated heterocycles. The Morgan fingerprint density at radius 2 is 2.28 bits per heavy atom. The Hall–Kier alpha value is -1.88. The molecule has 0 aliphatic heterocycles. The number of nitrogens with one attached hydrogen (secondary N) is 1. The van der Waals surface area contributed by atoms with Crippen LogP contribution in [0.25, 0.3) is 11.0 Å². The van der Waals surface area contributed by atoms with E-state index in [1.807, 2.05) is 31.2 Å². The highest BCUT2D eigenvalue weighted by molar-refractivity contribution is 5.86. The molecule has 1 unspecified atom stereocenters. The summed E-state index contributed by atoms with van der Waals surface area (Å²) in [6.45, 7) is 2.13. The molecule has 0 fully saturated rings. The van der Waals surface area contributed by atoms with Crippen molar-refractivity contribution in [1.29, 1.82) is 0 Å². The van der Waals surface area contributed by atoms with E-state index >= 15 is 0 Å². The van der Waals surface area contributed by atoms with E-state index in [1.165, 1.54) is 0 Å². The molecule has 0 aliphatic carbocycles. The van der Waals surface area contributed by atoms with Crippen LogP contribution < -0.4 is 5.32 Å². The van der Waals surface area contributed by atoms with Crippen LogP contribution in [0.2, 0.25) is 0 Å². The number of carbonyl (C=O) groups excluding carboxylic acids is 1. The van der Waals surface area contributed by atoms with Crippen LogP contribution in [0.4, 0.5) is 0 Å². The number of aromatic nitrogens is 1. The van der Waals surface area contributed by atoms with Gasteiger partial charge in [0.1, 0.15) is 5.69 Å². The lowest BCUT2D eigenvalue weighted by molar-refractivity contribution is -0.121. The molecule has 18 heavy (non-hydrogen) atoms. The van der Waals surface area contributed by atoms with Crippen molar-refractivity contribution in [2.45, 2.75) is 25.9 Å². The average molecular weight is 248 g/mol. The molecule has 2 rings (SSSR count). The molecule has 0 bridgehead atoms. The fraction of sp³-hybridized carbons (Fsp3) is 0.385. The van der Waals surface area contributed by atoms with Gasteiger partial charge in [-0.15, -0.1) is 0 Å². The first kappa shape index (κ1) is 12.6. The summed E-state index contributed by atoms with van der Waals surface area (Å²) in [5.74, 6) is -0.165. The standard InChI is InChI=1S/C13H16N2O3/c1-2-9(16)8-14-13(17)7-11-10-5-3-4-6-12(10)18-15-11/h3-6,9,16H,2,7-8H2,1H3,(H,14,17). The SMILES string of the molecule is CCC(O)CNC(=O)Cc1noc2ccccc12. The molecule has 1 aromatic heterocycles. The van der Waals surface area contributed by atoms with Crippen LogP contribution in [-0.2, 0) is 11.2 Å². The second kappa shape index (κ2) is 5.64. The molecular weight excluding hydrogens is 232 g/mol. The number of aliphatic hydroxyl groups excluding tert-OH is 1. The number of hydrogen-bond acceptors (Lipinski definition) is 4. The van der Waals surface area contributed by atoms with Crippen LogP contribution in [0.15, 0.2) is 28.8 Å². The number of fused-ring (bicyclic) bond motifs is 1. The maximum absolute atomic E-state index is 11.7. The highest BCUT2D eigenvalue weighted by Gasteiger charge is 2.12. The van der Waals surface area contributed by atoms with Gasteiger partial charge in [-0.05, 0) is 18.6 Å². The van der Waals surface area contributed by atoms with Gasteiger partial charge >= 0.3 is 0 Å². The predicted molar refractivity (Wildman–Crippen MR) is 67.0 cm³/mol. The Bertz CT molecular complexity index is 536. The van der Waals surface area contributed by atoms with Crippen molar-refractivity contribution < 1.29 is 14.4 Å². The first-order chi connectivity index (χ1) is 8.70. The van der Waals surface area contributed by atoms with Crippen LogP contribution in [0, 0.1) is 0 Å². The molecule has 0 radical (unpaired) electrons. The molecule has 0 aliphatic rings. The Morgan fingerprint density at radius 1 is 1.50 bits per heavy atom. The fourth-order valence-electron chi connectivity index (χ4n) is 1.66. The number of aliphatic hydroxyl groups is 1. The van der Waals surface area contributed by atoms with Crippen LogP contribution in [0.1, 0.15) is 19.0 Å². The Morgan fingerprint density at radius 3 is 3.06 bits per heavy atom. The number of para-hydroxylation sites is 1. The number of carbonyl (C=O) groups is 1.